The molecule has 0 aromatic heterocycles. The summed E-state index contributed by atoms with van der Waals surface area (Å²) in [6, 6.07) is 18.2. The molecule has 0 saturated carbocycles. The van der Waals surface area contributed by atoms with Crippen molar-refractivity contribution >= 4 is 17.5 Å². The third-order valence-electron chi connectivity index (χ3n) is 5.17. The van der Waals surface area contributed by atoms with Crippen LogP contribution in [-0.4, -0.2) is 36.9 Å². The van der Waals surface area contributed by atoms with Gasteiger partial charge in [0.2, 0.25) is 11.8 Å². The summed E-state index contributed by atoms with van der Waals surface area (Å²) in [6.07, 6.45) is 2.59. The predicted octanol–water partition coefficient (Wildman–Crippen LogP) is 3.22. The number of carbonyl (C=O) groups is 2. The van der Waals surface area contributed by atoms with Crippen LogP contribution in [0.4, 0.5) is 5.69 Å². The number of carbonyl (C=O) groups excluding carboxylic acids is 2. The molecule has 2 amide bonds. The third-order valence-corrected chi connectivity index (χ3v) is 5.17. The average Bonchev–Trinajstić information content (AvgIpc) is 2.70. The summed E-state index contributed by atoms with van der Waals surface area (Å²) in [6.45, 7) is 2.50. The Morgan fingerprint density at radius 2 is 1.89 bits per heavy atom. The minimum absolute atomic E-state index is 0.0223. The van der Waals surface area contributed by atoms with Gasteiger partial charge in [0.15, 0.2) is 0 Å². The number of hydrogen-bond acceptors (Lipinski definition) is 3. The van der Waals surface area contributed by atoms with E-state index in [0.29, 0.717) is 25.8 Å². The zero-order valence-electron chi connectivity index (χ0n) is 16.5. The van der Waals surface area contributed by atoms with E-state index in [2.05, 4.69) is 46.8 Å². The largest absolute Gasteiger partial charge is 0.356 e. The molecule has 5 heteroatoms. The molecule has 0 fully saturated rings. The van der Waals surface area contributed by atoms with Crippen LogP contribution in [0.15, 0.2) is 54.6 Å². The summed E-state index contributed by atoms with van der Waals surface area (Å²) >= 11 is 0. The van der Waals surface area contributed by atoms with E-state index in [1.54, 1.807) is 0 Å². The fraction of sp³-hybridized carbons (Fsp3) is 0.391. The molecule has 148 valence electrons. The SMILES string of the molecule is CN(CCCNC(=O)CCC1Cc2ccccc2NC1=O)Cc1ccccc1. The fourth-order valence-corrected chi connectivity index (χ4v) is 3.59. The summed E-state index contributed by atoms with van der Waals surface area (Å²) in [4.78, 5) is 26.6. The Morgan fingerprint density at radius 1 is 1.14 bits per heavy atom. The van der Waals surface area contributed by atoms with E-state index in [4.69, 9.17) is 0 Å². The van der Waals surface area contributed by atoms with Crippen molar-refractivity contribution in [2.75, 3.05) is 25.5 Å². The number of fused-ring (bicyclic) bond motifs is 1. The highest BCUT2D eigenvalue weighted by molar-refractivity contribution is 5.96. The van der Waals surface area contributed by atoms with E-state index < -0.39 is 0 Å². The summed E-state index contributed by atoms with van der Waals surface area (Å²) in [5.41, 5.74) is 3.34. The minimum atomic E-state index is -0.127. The van der Waals surface area contributed by atoms with Crippen LogP contribution in [0, 0.1) is 5.92 Å². The van der Waals surface area contributed by atoms with Crippen molar-refractivity contribution in [3.63, 3.8) is 0 Å². The second-order valence-corrected chi connectivity index (χ2v) is 7.51. The summed E-state index contributed by atoms with van der Waals surface area (Å²) in [5.74, 6) is -0.0796. The van der Waals surface area contributed by atoms with E-state index in [-0.39, 0.29) is 17.7 Å². The standard InChI is InChI=1S/C23H29N3O2/c1-26(17-18-8-3-2-4-9-18)15-7-14-24-22(27)13-12-20-16-19-10-5-6-11-21(19)25-23(20)28/h2-6,8-11,20H,7,12-17H2,1H3,(H,24,27)(H,25,28). The number of para-hydroxylation sites is 1. The van der Waals surface area contributed by atoms with Crippen molar-refractivity contribution in [2.24, 2.45) is 5.92 Å². The van der Waals surface area contributed by atoms with Crippen LogP contribution in [0.25, 0.3) is 0 Å². The first-order chi connectivity index (χ1) is 13.6. The number of amides is 2. The third kappa shape index (κ3) is 5.92. The number of rotatable bonds is 9. The maximum Gasteiger partial charge on any atom is 0.227 e. The zero-order chi connectivity index (χ0) is 19.8. The molecule has 1 heterocycles. The fourth-order valence-electron chi connectivity index (χ4n) is 3.59. The molecular weight excluding hydrogens is 350 g/mol. The number of hydrogen-bond donors (Lipinski definition) is 2. The van der Waals surface area contributed by atoms with Crippen molar-refractivity contribution < 1.29 is 9.59 Å². The Labute approximate surface area is 167 Å². The Kier molecular flexibility index (Phi) is 7.20. The first-order valence-corrected chi connectivity index (χ1v) is 10.00. The molecule has 3 rings (SSSR count). The molecule has 2 aromatic carbocycles. The second-order valence-electron chi connectivity index (χ2n) is 7.51. The number of nitrogens with one attached hydrogen (secondary N) is 2. The monoisotopic (exact) mass is 379 g/mol. The van der Waals surface area contributed by atoms with Crippen molar-refractivity contribution in [1.82, 2.24) is 10.2 Å². The van der Waals surface area contributed by atoms with Crippen molar-refractivity contribution in [3.8, 4) is 0 Å². The Bertz CT molecular complexity index is 791. The molecule has 0 aliphatic carbocycles. The topological polar surface area (TPSA) is 61.4 Å². The van der Waals surface area contributed by atoms with E-state index in [9.17, 15) is 9.59 Å². The summed E-state index contributed by atoms with van der Waals surface area (Å²) in [5, 5.41) is 5.92. The maximum absolute atomic E-state index is 12.2. The predicted molar refractivity (Wildman–Crippen MR) is 112 cm³/mol. The van der Waals surface area contributed by atoms with Gasteiger partial charge in [0.1, 0.15) is 0 Å². The van der Waals surface area contributed by atoms with E-state index in [1.165, 1.54) is 5.56 Å². The van der Waals surface area contributed by atoms with Crippen LogP contribution in [0.3, 0.4) is 0 Å². The van der Waals surface area contributed by atoms with Crippen molar-refractivity contribution in [3.05, 3.63) is 65.7 Å². The van der Waals surface area contributed by atoms with Gasteiger partial charge in [-0.2, -0.15) is 0 Å². The molecule has 2 aromatic rings. The smallest absolute Gasteiger partial charge is 0.227 e. The second kappa shape index (κ2) is 10.0. The van der Waals surface area contributed by atoms with Crippen LogP contribution in [-0.2, 0) is 22.6 Å². The zero-order valence-corrected chi connectivity index (χ0v) is 16.5. The van der Waals surface area contributed by atoms with E-state index in [1.807, 2.05) is 30.3 Å². The minimum Gasteiger partial charge on any atom is -0.356 e. The van der Waals surface area contributed by atoms with Gasteiger partial charge in [-0.15, -0.1) is 0 Å². The molecule has 1 aliphatic heterocycles. The number of nitrogens with zero attached hydrogens (tertiary/aromatic N) is 1. The van der Waals surface area contributed by atoms with Gasteiger partial charge in [0, 0.05) is 31.1 Å². The molecule has 1 atom stereocenters. The number of benzene rings is 2. The molecule has 0 radical (unpaired) electrons. The van der Waals surface area contributed by atoms with Gasteiger partial charge in [0.05, 0.1) is 0 Å². The first-order valence-electron chi connectivity index (χ1n) is 10.00. The molecule has 0 saturated heterocycles. The summed E-state index contributed by atoms with van der Waals surface area (Å²) in [7, 11) is 2.09. The quantitative estimate of drug-likeness (QED) is 0.658. The van der Waals surface area contributed by atoms with Gasteiger partial charge < -0.3 is 15.5 Å². The van der Waals surface area contributed by atoms with E-state index in [0.717, 1.165) is 30.8 Å². The first kappa shape index (κ1) is 20.1. The van der Waals surface area contributed by atoms with Crippen LogP contribution < -0.4 is 10.6 Å². The van der Waals surface area contributed by atoms with E-state index >= 15 is 0 Å². The lowest BCUT2D eigenvalue weighted by Crippen LogP contribution is -2.32. The highest BCUT2D eigenvalue weighted by atomic mass is 16.2. The van der Waals surface area contributed by atoms with Gasteiger partial charge in [-0.3, -0.25) is 9.59 Å². The molecule has 5 nitrogen and oxygen atoms in total. The van der Waals surface area contributed by atoms with Crippen LogP contribution in [0.5, 0.6) is 0 Å². The van der Waals surface area contributed by atoms with Crippen molar-refractivity contribution in [1.29, 1.82) is 0 Å². The average molecular weight is 380 g/mol. The Morgan fingerprint density at radius 3 is 2.71 bits per heavy atom. The molecule has 1 unspecified atom stereocenters. The molecule has 1 aliphatic rings. The van der Waals surface area contributed by atoms with Gasteiger partial charge >= 0.3 is 0 Å². The Balaban J connectivity index is 1.31. The molecular formula is C23H29N3O2. The maximum atomic E-state index is 12.2. The molecule has 0 bridgehead atoms. The molecule has 0 spiro atoms. The van der Waals surface area contributed by atoms with Gasteiger partial charge in [-0.1, -0.05) is 48.5 Å². The molecule has 2 N–H and O–H groups in total. The highest BCUT2D eigenvalue weighted by Crippen LogP contribution is 2.27. The number of anilines is 1. The van der Waals surface area contributed by atoms with Gasteiger partial charge in [-0.05, 0) is 50.0 Å². The summed E-state index contributed by atoms with van der Waals surface area (Å²) < 4.78 is 0. The Hall–Kier alpha value is -2.66. The van der Waals surface area contributed by atoms with Gasteiger partial charge in [0.25, 0.3) is 0 Å². The highest BCUT2D eigenvalue weighted by Gasteiger charge is 2.26. The van der Waals surface area contributed by atoms with Crippen LogP contribution in [0.2, 0.25) is 0 Å². The van der Waals surface area contributed by atoms with Crippen molar-refractivity contribution in [2.45, 2.75) is 32.2 Å². The van der Waals surface area contributed by atoms with Crippen LogP contribution >= 0.6 is 0 Å². The lowest BCUT2D eigenvalue weighted by molar-refractivity contribution is -0.122. The lowest BCUT2D eigenvalue weighted by Gasteiger charge is -2.24. The van der Waals surface area contributed by atoms with Crippen LogP contribution in [0.1, 0.15) is 30.4 Å². The normalized spacial score (nSPS) is 15.8. The van der Waals surface area contributed by atoms with Gasteiger partial charge in [-0.25, -0.2) is 0 Å². The lowest BCUT2D eigenvalue weighted by atomic mass is 9.89. The molecule has 28 heavy (non-hydrogen) atoms.